The summed E-state index contributed by atoms with van der Waals surface area (Å²) in [6.07, 6.45) is 1.53. The number of hydrogen-bond acceptors (Lipinski definition) is 3. The lowest BCUT2D eigenvalue weighted by Crippen LogP contribution is -2.46. The van der Waals surface area contributed by atoms with E-state index < -0.39 is 5.82 Å². The molecular formula is C15H19BrFN3O2. The number of carbonyl (C=O) groups excluding carboxylic acids is 2. The van der Waals surface area contributed by atoms with Gasteiger partial charge >= 0.3 is 0 Å². The molecule has 2 amide bonds. The quantitative estimate of drug-likeness (QED) is 0.842. The Kier molecular flexibility index (Phi) is 5.90. The molecule has 0 spiro atoms. The molecule has 1 fully saturated rings. The van der Waals surface area contributed by atoms with Gasteiger partial charge in [-0.15, -0.1) is 0 Å². The Hall–Kier alpha value is -1.47. The van der Waals surface area contributed by atoms with E-state index in [0.717, 1.165) is 12.8 Å². The highest BCUT2D eigenvalue weighted by Gasteiger charge is 2.28. The third-order valence-corrected chi connectivity index (χ3v) is 4.30. The van der Waals surface area contributed by atoms with Crippen LogP contribution in [0.5, 0.6) is 0 Å². The van der Waals surface area contributed by atoms with Crippen LogP contribution in [0.1, 0.15) is 23.2 Å². The Morgan fingerprint density at radius 1 is 1.45 bits per heavy atom. The number of nitrogens with two attached hydrogens (primary N) is 1. The van der Waals surface area contributed by atoms with Gasteiger partial charge in [-0.3, -0.25) is 9.59 Å². The second kappa shape index (κ2) is 7.69. The largest absolute Gasteiger partial charge is 0.355 e. The van der Waals surface area contributed by atoms with Gasteiger partial charge in [0.05, 0.1) is 10.4 Å². The van der Waals surface area contributed by atoms with Crippen LogP contribution in [0.15, 0.2) is 22.7 Å². The van der Waals surface area contributed by atoms with E-state index in [-0.39, 0.29) is 22.2 Å². The lowest BCUT2D eigenvalue weighted by Gasteiger charge is -2.32. The van der Waals surface area contributed by atoms with Crippen LogP contribution in [-0.2, 0) is 4.79 Å². The summed E-state index contributed by atoms with van der Waals surface area (Å²) in [6.45, 7) is 1.82. The molecule has 0 radical (unpaired) electrons. The van der Waals surface area contributed by atoms with Gasteiger partial charge in [-0.05, 0) is 47.0 Å². The Balaban J connectivity index is 2.03. The summed E-state index contributed by atoms with van der Waals surface area (Å²) < 4.78 is 13.5. The summed E-state index contributed by atoms with van der Waals surface area (Å²) in [5.41, 5.74) is 5.78. The number of piperidine rings is 1. The first-order chi connectivity index (χ1) is 10.5. The number of benzene rings is 1. The van der Waals surface area contributed by atoms with Gasteiger partial charge < -0.3 is 16.0 Å². The van der Waals surface area contributed by atoms with E-state index in [1.165, 1.54) is 18.2 Å². The second-order valence-electron chi connectivity index (χ2n) is 5.30. The van der Waals surface area contributed by atoms with E-state index >= 15 is 0 Å². The molecule has 7 heteroatoms. The fourth-order valence-corrected chi connectivity index (χ4v) is 2.91. The van der Waals surface area contributed by atoms with E-state index in [2.05, 4.69) is 21.2 Å². The predicted molar refractivity (Wildman–Crippen MR) is 84.8 cm³/mol. The average molecular weight is 372 g/mol. The molecule has 3 N–H and O–H groups in total. The van der Waals surface area contributed by atoms with Crippen molar-refractivity contribution in [3.63, 3.8) is 0 Å². The molecule has 0 aliphatic carbocycles. The van der Waals surface area contributed by atoms with Crippen LogP contribution >= 0.6 is 15.9 Å². The molecule has 22 heavy (non-hydrogen) atoms. The van der Waals surface area contributed by atoms with E-state index in [1.54, 1.807) is 4.90 Å². The normalized spacial score (nSPS) is 18.1. The molecule has 1 saturated heterocycles. The predicted octanol–water partition coefficient (Wildman–Crippen LogP) is 1.52. The van der Waals surface area contributed by atoms with Gasteiger partial charge in [-0.25, -0.2) is 4.39 Å². The van der Waals surface area contributed by atoms with Crippen molar-refractivity contribution in [2.24, 2.45) is 11.7 Å². The van der Waals surface area contributed by atoms with E-state index in [4.69, 9.17) is 5.73 Å². The van der Waals surface area contributed by atoms with Crippen molar-refractivity contribution in [2.75, 3.05) is 26.2 Å². The molecule has 1 aliphatic heterocycles. The van der Waals surface area contributed by atoms with Gasteiger partial charge in [0.15, 0.2) is 0 Å². The van der Waals surface area contributed by atoms with Crippen molar-refractivity contribution in [1.29, 1.82) is 0 Å². The summed E-state index contributed by atoms with van der Waals surface area (Å²) >= 11 is 3.08. The number of likely N-dealkylation sites (tertiary alicyclic amines) is 1. The van der Waals surface area contributed by atoms with Crippen LogP contribution in [0, 0.1) is 11.7 Å². The third kappa shape index (κ3) is 4.04. The van der Waals surface area contributed by atoms with Crippen LogP contribution in [0.2, 0.25) is 0 Å². The molecule has 0 aromatic heterocycles. The number of hydrogen-bond donors (Lipinski definition) is 2. The lowest BCUT2D eigenvalue weighted by molar-refractivity contribution is -0.126. The fourth-order valence-electron chi connectivity index (χ4n) is 2.53. The summed E-state index contributed by atoms with van der Waals surface area (Å²) in [7, 11) is 0. The molecule has 1 atom stereocenters. The van der Waals surface area contributed by atoms with Gasteiger partial charge in [0, 0.05) is 31.7 Å². The molecule has 0 bridgehead atoms. The highest BCUT2D eigenvalue weighted by molar-refractivity contribution is 9.10. The van der Waals surface area contributed by atoms with Crippen molar-refractivity contribution < 1.29 is 14.0 Å². The van der Waals surface area contributed by atoms with Crippen LogP contribution in [-0.4, -0.2) is 42.9 Å². The number of nitrogens with one attached hydrogen (secondary N) is 1. The number of nitrogens with zero attached hydrogens (tertiary/aromatic N) is 1. The molecule has 1 unspecified atom stereocenters. The number of rotatable bonds is 4. The maximum absolute atomic E-state index is 13.3. The Morgan fingerprint density at radius 2 is 2.23 bits per heavy atom. The Labute approximate surface area is 137 Å². The summed E-state index contributed by atoms with van der Waals surface area (Å²) in [6, 6.07) is 4.18. The molecule has 1 aromatic rings. The van der Waals surface area contributed by atoms with Crippen LogP contribution in [0.4, 0.5) is 4.39 Å². The molecule has 1 heterocycles. The number of amides is 2. The van der Waals surface area contributed by atoms with Crippen LogP contribution in [0.3, 0.4) is 0 Å². The average Bonchev–Trinajstić information content (AvgIpc) is 2.54. The van der Waals surface area contributed by atoms with E-state index in [9.17, 15) is 14.0 Å². The first-order valence-electron chi connectivity index (χ1n) is 7.25. The minimum Gasteiger partial charge on any atom is -0.355 e. The SMILES string of the molecule is NCCNC(=O)C1CCCN(C(=O)c2ccc(F)c(Br)c2)C1. The number of carbonyl (C=O) groups is 2. The molecule has 1 aliphatic rings. The number of halogens is 2. The Morgan fingerprint density at radius 3 is 2.91 bits per heavy atom. The van der Waals surface area contributed by atoms with Crippen LogP contribution < -0.4 is 11.1 Å². The topological polar surface area (TPSA) is 75.4 Å². The smallest absolute Gasteiger partial charge is 0.253 e. The molecule has 120 valence electrons. The van der Waals surface area contributed by atoms with E-state index in [1.807, 2.05) is 0 Å². The van der Waals surface area contributed by atoms with Crippen LogP contribution in [0.25, 0.3) is 0 Å². The van der Waals surface area contributed by atoms with E-state index in [0.29, 0.717) is 31.7 Å². The molecule has 2 rings (SSSR count). The lowest BCUT2D eigenvalue weighted by atomic mass is 9.96. The second-order valence-corrected chi connectivity index (χ2v) is 6.15. The van der Waals surface area contributed by atoms with Crippen molar-refractivity contribution >= 4 is 27.7 Å². The fraction of sp³-hybridized carbons (Fsp3) is 0.467. The first kappa shape index (κ1) is 16.9. The maximum Gasteiger partial charge on any atom is 0.253 e. The molecule has 1 aromatic carbocycles. The highest BCUT2D eigenvalue weighted by atomic mass is 79.9. The highest BCUT2D eigenvalue weighted by Crippen LogP contribution is 2.21. The zero-order valence-corrected chi connectivity index (χ0v) is 13.7. The summed E-state index contributed by atoms with van der Waals surface area (Å²) in [4.78, 5) is 26.1. The van der Waals surface area contributed by atoms with Gasteiger partial charge in [-0.2, -0.15) is 0 Å². The van der Waals surface area contributed by atoms with Gasteiger partial charge in [0.2, 0.25) is 5.91 Å². The minimum absolute atomic E-state index is 0.0664. The monoisotopic (exact) mass is 371 g/mol. The maximum atomic E-state index is 13.3. The molecule has 5 nitrogen and oxygen atoms in total. The van der Waals surface area contributed by atoms with Gasteiger partial charge in [0.1, 0.15) is 5.82 Å². The van der Waals surface area contributed by atoms with Crippen molar-refractivity contribution in [3.8, 4) is 0 Å². The zero-order chi connectivity index (χ0) is 16.1. The Bertz CT molecular complexity index is 568. The summed E-state index contributed by atoms with van der Waals surface area (Å²) in [5.74, 6) is -0.873. The zero-order valence-electron chi connectivity index (χ0n) is 12.1. The molecule has 0 saturated carbocycles. The minimum atomic E-state index is -0.408. The van der Waals surface area contributed by atoms with Crippen molar-refractivity contribution in [1.82, 2.24) is 10.2 Å². The third-order valence-electron chi connectivity index (χ3n) is 3.69. The van der Waals surface area contributed by atoms with Crippen molar-refractivity contribution in [2.45, 2.75) is 12.8 Å². The van der Waals surface area contributed by atoms with Crippen molar-refractivity contribution in [3.05, 3.63) is 34.1 Å². The van der Waals surface area contributed by atoms with Gasteiger partial charge in [0.25, 0.3) is 5.91 Å². The standard InChI is InChI=1S/C15H19BrFN3O2/c16-12-8-10(3-4-13(12)17)15(22)20-7-1-2-11(9-20)14(21)19-6-5-18/h3-4,8,11H,1-2,5-7,9,18H2,(H,19,21). The summed E-state index contributed by atoms with van der Waals surface area (Å²) in [5, 5.41) is 2.76. The first-order valence-corrected chi connectivity index (χ1v) is 8.04. The van der Waals surface area contributed by atoms with Gasteiger partial charge in [-0.1, -0.05) is 0 Å². The molecular weight excluding hydrogens is 353 g/mol.